The minimum atomic E-state index is -0.450. The van der Waals surface area contributed by atoms with Crippen LogP contribution in [0.1, 0.15) is 35.0 Å². The zero-order chi connectivity index (χ0) is 27.7. The lowest BCUT2D eigenvalue weighted by molar-refractivity contribution is 0.0601. The number of methoxy groups -OCH3 is 1. The lowest BCUT2D eigenvalue weighted by Gasteiger charge is -2.25. The monoisotopic (exact) mass is 535 g/mol. The van der Waals surface area contributed by atoms with E-state index in [9.17, 15) is 4.79 Å². The van der Waals surface area contributed by atoms with Crippen LogP contribution in [0.2, 0.25) is 0 Å². The van der Waals surface area contributed by atoms with Crippen molar-refractivity contribution in [2.45, 2.75) is 26.5 Å². The number of ether oxygens (including phenoxy) is 2. The van der Waals surface area contributed by atoms with E-state index in [-0.39, 0.29) is 6.61 Å². The van der Waals surface area contributed by atoms with Crippen LogP contribution in [-0.4, -0.2) is 50.2 Å². The number of nitrogens with zero attached hydrogens (tertiary/aromatic N) is 6. The fourth-order valence-electron chi connectivity index (χ4n) is 4.41. The lowest BCUT2D eigenvalue weighted by Crippen LogP contribution is -2.27. The van der Waals surface area contributed by atoms with Gasteiger partial charge in [-0.25, -0.2) is 9.89 Å². The van der Waals surface area contributed by atoms with Crippen LogP contribution in [0.3, 0.4) is 0 Å². The van der Waals surface area contributed by atoms with Crippen LogP contribution in [0.25, 0.3) is 22.5 Å². The van der Waals surface area contributed by atoms with Gasteiger partial charge in [-0.2, -0.15) is 4.98 Å². The molecule has 10 heteroatoms. The maximum absolute atomic E-state index is 12.7. The molecule has 0 spiro atoms. The quantitative estimate of drug-likeness (QED) is 0.230. The number of aromatic amines is 1. The maximum Gasteiger partial charge on any atom is 0.341 e. The number of nitrogens with one attached hydrogen (secondary N) is 1. The summed E-state index contributed by atoms with van der Waals surface area (Å²) in [5.74, 6) is 1.08. The average molecular weight is 536 g/mol. The highest BCUT2D eigenvalue weighted by molar-refractivity contribution is 5.95. The van der Waals surface area contributed by atoms with E-state index in [1.54, 1.807) is 18.3 Å². The van der Waals surface area contributed by atoms with E-state index in [0.29, 0.717) is 36.2 Å². The number of tetrazole rings is 1. The third-order valence-electron chi connectivity index (χ3n) is 6.31. The zero-order valence-corrected chi connectivity index (χ0v) is 22.3. The summed E-state index contributed by atoms with van der Waals surface area (Å²) < 4.78 is 11.0. The van der Waals surface area contributed by atoms with Crippen molar-refractivity contribution in [1.29, 1.82) is 0 Å². The molecule has 0 radical (unpaired) electrons. The van der Waals surface area contributed by atoms with E-state index in [1.165, 1.54) is 7.11 Å². The SMILES string of the molecule is CCCN(Cc1ccc(-c2ccccc2-c2nnn[nH]2)cc1)c1nc(OCc2ccccn2)ccc1C(=O)OC. The third-order valence-corrected chi connectivity index (χ3v) is 6.31. The number of hydrogen-bond acceptors (Lipinski definition) is 9. The number of benzene rings is 2. The Morgan fingerprint density at radius 2 is 1.75 bits per heavy atom. The Bertz CT molecular complexity index is 1540. The summed E-state index contributed by atoms with van der Waals surface area (Å²) in [5, 5.41) is 14.3. The minimum Gasteiger partial charge on any atom is -0.471 e. The number of carbonyl (C=O) groups excluding carboxylic acids is 1. The maximum atomic E-state index is 12.7. The van der Waals surface area contributed by atoms with Crippen LogP contribution < -0.4 is 9.64 Å². The normalized spacial score (nSPS) is 10.8. The summed E-state index contributed by atoms with van der Waals surface area (Å²) in [6, 6.07) is 25.3. The van der Waals surface area contributed by atoms with Crippen LogP contribution >= 0.6 is 0 Å². The van der Waals surface area contributed by atoms with Gasteiger partial charge in [0.25, 0.3) is 0 Å². The first kappa shape index (κ1) is 26.5. The summed E-state index contributed by atoms with van der Waals surface area (Å²) >= 11 is 0. The number of carbonyl (C=O) groups is 1. The number of hydrogen-bond donors (Lipinski definition) is 1. The molecule has 2 aromatic carbocycles. The molecule has 0 saturated carbocycles. The molecule has 0 aliphatic carbocycles. The molecule has 0 amide bonds. The molecule has 0 unspecified atom stereocenters. The van der Waals surface area contributed by atoms with Gasteiger partial charge in [0, 0.05) is 30.9 Å². The molecule has 10 nitrogen and oxygen atoms in total. The van der Waals surface area contributed by atoms with E-state index in [0.717, 1.165) is 34.4 Å². The first-order chi connectivity index (χ1) is 19.7. The van der Waals surface area contributed by atoms with E-state index in [1.807, 2.05) is 42.5 Å². The van der Waals surface area contributed by atoms with Crippen molar-refractivity contribution in [3.05, 3.63) is 102 Å². The predicted octanol–water partition coefficient (Wildman–Crippen LogP) is 5.11. The van der Waals surface area contributed by atoms with Crippen molar-refractivity contribution in [2.75, 3.05) is 18.6 Å². The molecule has 0 saturated heterocycles. The number of rotatable bonds is 11. The highest BCUT2D eigenvalue weighted by Crippen LogP contribution is 2.31. The molecule has 202 valence electrons. The second kappa shape index (κ2) is 12.6. The Kier molecular flexibility index (Phi) is 8.35. The fraction of sp³-hybridized carbons (Fsp3) is 0.200. The molecule has 0 aliphatic heterocycles. The fourth-order valence-corrected chi connectivity index (χ4v) is 4.41. The summed E-state index contributed by atoms with van der Waals surface area (Å²) in [4.78, 5) is 23.8. The molecular formula is C30H29N7O3. The van der Waals surface area contributed by atoms with Crippen LogP contribution in [0.4, 0.5) is 5.82 Å². The van der Waals surface area contributed by atoms with Crippen molar-refractivity contribution in [3.8, 4) is 28.4 Å². The second-order valence-electron chi connectivity index (χ2n) is 9.04. The number of pyridine rings is 2. The highest BCUT2D eigenvalue weighted by atomic mass is 16.5. The number of esters is 1. The topological polar surface area (TPSA) is 119 Å². The van der Waals surface area contributed by atoms with Gasteiger partial charge in [-0.1, -0.05) is 61.5 Å². The van der Waals surface area contributed by atoms with Crippen molar-refractivity contribution in [3.63, 3.8) is 0 Å². The molecule has 5 aromatic rings. The number of H-pyrrole nitrogens is 1. The minimum absolute atomic E-state index is 0.270. The van der Waals surface area contributed by atoms with Crippen molar-refractivity contribution in [2.24, 2.45) is 0 Å². The second-order valence-corrected chi connectivity index (χ2v) is 9.04. The average Bonchev–Trinajstić information content (AvgIpc) is 3.55. The van der Waals surface area contributed by atoms with Crippen LogP contribution in [-0.2, 0) is 17.9 Å². The van der Waals surface area contributed by atoms with Gasteiger partial charge in [0.2, 0.25) is 5.88 Å². The van der Waals surface area contributed by atoms with Crippen molar-refractivity contribution >= 4 is 11.8 Å². The number of aromatic nitrogens is 6. The smallest absolute Gasteiger partial charge is 0.341 e. The van der Waals surface area contributed by atoms with Crippen LogP contribution in [0, 0.1) is 0 Å². The predicted molar refractivity (Wildman–Crippen MR) is 151 cm³/mol. The largest absolute Gasteiger partial charge is 0.471 e. The number of anilines is 1. The van der Waals surface area contributed by atoms with Crippen LogP contribution in [0.5, 0.6) is 5.88 Å². The Morgan fingerprint density at radius 1 is 0.950 bits per heavy atom. The molecule has 1 N–H and O–H groups in total. The Hall–Kier alpha value is -5.12. The molecular weight excluding hydrogens is 506 g/mol. The molecule has 3 aromatic heterocycles. The van der Waals surface area contributed by atoms with Gasteiger partial charge in [-0.3, -0.25) is 4.98 Å². The molecule has 0 bridgehead atoms. The zero-order valence-electron chi connectivity index (χ0n) is 22.3. The molecule has 5 rings (SSSR count). The van der Waals surface area contributed by atoms with Crippen LogP contribution in [0.15, 0.2) is 85.1 Å². The van der Waals surface area contributed by atoms with Crippen molar-refractivity contribution in [1.82, 2.24) is 30.6 Å². The first-order valence-electron chi connectivity index (χ1n) is 13.0. The Morgan fingerprint density at radius 3 is 2.45 bits per heavy atom. The van der Waals surface area contributed by atoms with Gasteiger partial charge in [0.15, 0.2) is 5.82 Å². The molecule has 3 heterocycles. The van der Waals surface area contributed by atoms with Gasteiger partial charge < -0.3 is 14.4 Å². The Balaban J connectivity index is 1.41. The lowest BCUT2D eigenvalue weighted by atomic mass is 9.98. The van der Waals surface area contributed by atoms with Gasteiger partial charge in [0.05, 0.1) is 12.8 Å². The Labute approximate surface area is 232 Å². The standard InChI is InChI=1S/C30H29N7O3/c1-3-18-37(29-26(30(38)39-2)15-16-27(32-29)40-20-23-8-6-7-17-31-23)19-21-11-13-22(14-12-21)24-9-4-5-10-25(24)28-33-35-36-34-28/h4-17H,3,18-20H2,1-2H3,(H,33,34,35,36). The summed E-state index contributed by atoms with van der Waals surface area (Å²) in [6.07, 6.45) is 2.58. The summed E-state index contributed by atoms with van der Waals surface area (Å²) in [6.45, 7) is 3.59. The van der Waals surface area contributed by atoms with Gasteiger partial charge in [-0.15, -0.1) is 5.10 Å². The van der Waals surface area contributed by atoms with Crippen molar-refractivity contribution < 1.29 is 14.3 Å². The molecule has 0 aliphatic rings. The summed E-state index contributed by atoms with van der Waals surface area (Å²) in [7, 11) is 1.37. The van der Waals surface area contributed by atoms with E-state index < -0.39 is 5.97 Å². The van der Waals surface area contributed by atoms with E-state index >= 15 is 0 Å². The first-order valence-corrected chi connectivity index (χ1v) is 13.0. The van der Waals surface area contributed by atoms with Gasteiger partial charge in [-0.05, 0) is 51.7 Å². The molecule has 40 heavy (non-hydrogen) atoms. The highest BCUT2D eigenvalue weighted by Gasteiger charge is 2.21. The van der Waals surface area contributed by atoms with E-state index in [4.69, 9.17) is 14.5 Å². The van der Waals surface area contributed by atoms with Gasteiger partial charge >= 0.3 is 5.97 Å². The third kappa shape index (κ3) is 6.12. The molecule has 0 atom stereocenters. The summed E-state index contributed by atoms with van der Waals surface area (Å²) in [5.41, 5.74) is 5.21. The van der Waals surface area contributed by atoms with E-state index in [2.05, 4.69) is 61.7 Å². The van der Waals surface area contributed by atoms with Gasteiger partial charge in [0.1, 0.15) is 18.0 Å². The molecule has 0 fully saturated rings.